The smallest absolute Gasteiger partial charge is 0.312 e. The van der Waals surface area contributed by atoms with Gasteiger partial charge in [-0.2, -0.15) is 0 Å². The largest absolute Gasteiger partial charge is 0.461 e. The zero-order chi connectivity index (χ0) is 15.0. The molecule has 2 saturated heterocycles. The monoisotopic (exact) mass is 288 g/mol. The van der Waals surface area contributed by atoms with Gasteiger partial charge in [0.2, 0.25) is 0 Å². The van der Waals surface area contributed by atoms with E-state index in [1.807, 2.05) is 45.1 Å². The Morgan fingerprint density at radius 1 is 1.48 bits per heavy atom. The number of rotatable bonds is 4. The summed E-state index contributed by atoms with van der Waals surface area (Å²) >= 11 is 0. The second-order valence-electron chi connectivity index (χ2n) is 6.16. The highest BCUT2D eigenvalue weighted by Crippen LogP contribution is 2.48. The summed E-state index contributed by atoms with van der Waals surface area (Å²) in [6.07, 6.45) is 0.0920. The first-order valence-corrected chi connectivity index (χ1v) is 7.54. The Morgan fingerprint density at radius 2 is 2.19 bits per heavy atom. The van der Waals surface area contributed by atoms with Gasteiger partial charge in [0.25, 0.3) is 0 Å². The molecular weight excluding hydrogens is 267 g/mol. The maximum Gasteiger partial charge on any atom is 0.312 e. The molecule has 0 spiro atoms. The minimum Gasteiger partial charge on any atom is -0.461 e. The second kappa shape index (κ2) is 5.46. The van der Waals surface area contributed by atoms with Crippen molar-refractivity contribution in [3.8, 4) is 0 Å². The predicted molar refractivity (Wildman–Crippen MR) is 80.5 cm³/mol. The van der Waals surface area contributed by atoms with Crippen LogP contribution < -0.4 is 0 Å². The summed E-state index contributed by atoms with van der Waals surface area (Å²) in [6, 6.07) is 9.75. The Hall–Kier alpha value is -1.33. The average Bonchev–Trinajstić information content (AvgIpc) is 2.95. The number of hydrogen-bond donors (Lipinski definition) is 0. The van der Waals surface area contributed by atoms with Crippen LogP contribution >= 0.6 is 0 Å². The number of benzene rings is 1. The third kappa shape index (κ3) is 2.38. The zero-order valence-corrected chi connectivity index (χ0v) is 12.7. The summed E-state index contributed by atoms with van der Waals surface area (Å²) in [7, 11) is 2.00. The molecule has 0 amide bonds. The van der Waals surface area contributed by atoms with Gasteiger partial charge < -0.3 is 14.2 Å². The maximum absolute atomic E-state index is 12.4. The van der Waals surface area contributed by atoms with Crippen LogP contribution in [-0.2, 0) is 25.6 Å². The Kier molecular flexibility index (Phi) is 3.80. The summed E-state index contributed by atoms with van der Waals surface area (Å²) < 4.78 is 17.3. The molecule has 0 aliphatic carbocycles. The first-order valence-electron chi connectivity index (χ1n) is 7.54. The molecule has 4 nitrogen and oxygen atoms in total. The molecule has 2 fully saturated rings. The fraction of sp³-hybridized carbons (Fsp3) is 0.562. The van der Waals surface area contributed by atoms with Gasteiger partial charge in [-0.3, -0.25) is 4.79 Å². The van der Waals surface area contributed by atoms with Crippen LogP contribution in [0.2, 0.25) is 0 Å². The van der Waals surface area contributed by atoms with Gasteiger partial charge in [-0.15, -0.1) is 0 Å². The summed E-state index contributed by atoms with van der Waals surface area (Å²) in [5.41, 5.74) is 0.461. The standard InChI is InChI=1S/C16H21BO4/c1-10-13-14(17)21-16(10,9-20-13)11(2)15(18)19-8-12-6-4-3-5-7-12/h3-7,10-11,13-14H,8-9,17H2,1-2H3/t10?,11-,13+,14-,16+/m1/s1. The molecule has 21 heavy (non-hydrogen) atoms. The Balaban J connectivity index is 1.65. The molecule has 0 radical (unpaired) electrons. The van der Waals surface area contributed by atoms with E-state index in [-0.39, 0.29) is 29.9 Å². The van der Waals surface area contributed by atoms with Gasteiger partial charge in [-0.25, -0.2) is 0 Å². The van der Waals surface area contributed by atoms with Crippen molar-refractivity contribution in [2.24, 2.45) is 11.8 Å². The topological polar surface area (TPSA) is 44.8 Å². The summed E-state index contributed by atoms with van der Waals surface area (Å²) in [5, 5.41) is 0. The van der Waals surface area contributed by atoms with E-state index in [0.29, 0.717) is 13.2 Å². The average molecular weight is 288 g/mol. The van der Waals surface area contributed by atoms with Crippen LogP contribution in [0, 0.1) is 11.8 Å². The van der Waals surface area contributed by atoms with Gasteiger partial charge in [-0.1, -0.05) is 37.3 Å². The van der Waals surface area contributed by atoms with Crippen LogP contribution in [-0.4, -0.2) is 38.1 Å². The molecule has 1 aromatic carbocycles. The minimum atomic E-state index is -0.530. The van der Waals surface area contributed by atoms with E-state index < -0.39 is 5.60 Å². The molecular formula is C16H21BO4. The van der Waals surface area contributed by atoms with E-state index >= 15 is 0 Å². The maximum atomic E-state index is 12.4. The quantitative estimate of drug-likeness (QED) is 0.615. The highest BCUT2D eigenvalue weighted by molar-refractivity contribution is 6.11. The molecule has 112 valence electrons. The van der Waals surface area contributed by atoms with E-state index in [9.17, 15) is 4.79 Å². The lowest BCUT2D eigenvalue weighted by Crippen LogP contribution is -2.47. The number of esters is 1. The fourth-order valence-corrected chi connectivity index (χ4v) is 3.55. The molecule has 1 unspecified atom stereocenters. The van der Waals surface area contributed by atoms with Crippen molar-refractivity contribution in [3.05, 3.63) is 35.9 Å². The molecule has 3 rings (SSSR count). The van der Waals surface area contributed by atoms with Gasteiger partial charge in [0.1, 0.15) is 20.1 Å². The predicted octanol–water partition coefficient (Wildman–Crippen LogP) is 1.13. The van der Waals surface area contributed by atoms with Crippen molar-refractivity contribution in [1.29, 1.82) is 0 Å². The third-order valence-corrected chi connectivity index (χ3v) is 4.94. The third-order valence-electron chi connectivity index (χ3n) is 4.94. The highest BCUT2D eigenvalue weighted by Gasteiger charge is 2.61. The molecule has 5 atom stereocenters. The molecule has 2 aliphatic rings. The van der Waals surface area contributed by atoms with Gasteiger partial charge in [0, 0.05) is 5.92 Å². The van der Waals surface area contributed by atoms with Crippen molar-refractivity contribution >= 4 is 13.8 Å². The lowest BCUT2D eigenvalue weighted by atomic mass is 9.79. The first-order chi connectivity index (χ1) is 10.0. The fourth-order valence-electron chi connectivity index (χ4n) is 3.55. The van der Waals surface area contributed by atoms with Gasteiger partial charge >= 0.3 is 5.97 Å². The van der Waals surface area contributed by atoms with Gasteiger partial charge in [0.05, 0.1) is 24.6 Å². The molecule has 0 N–H and O–H groups in total. The van der Waals surface area contributed by atoms with Crippen LogP contribution in [0.4, 0.5) is 0 Å². The van der Waals surface area contributed by atoms with Crippen molar-refractivity contribution in [3.63, 3.8) is 0 Å². The number of carbonyl (C=O) groups excluding carboxylic acids is 1. The Morgan fingerprint density at radius 3 is 2.76 bits per heavy atom. The number of hydrogen-bond acceptors (Lipinski definition) is 4. The molecule has 5 heteroatoms. The summed E-state index contributed by atoms with van der Waals surface area (Å²) in [5.74, 6) is -0.331. The van der Waals surface area contributed by atoms with Crippen LogP contribution in [0.5, 0.6) is 0 Å². The second-order valence-corrected chi connectivity index (χ2v) is 6.16. The molecule has 0 aromatic heterocycles. The van der Waals surface area contributed by atoms with Crippen molar-refractivity contribution in [2.45, 2.75) is 38.2 Å². The van der Waals surface area contributed by atoms with Crippen LogP contribution in [0.1, 0.15) is 19.4 Å². The van der Waals surface area contributed by atoms with Gasteiger partial charge in [-0.05, 0) is 12.5 Å². The van der Waals surface area contributed by atoms with Crippen molar-refractivity contribution in [1.82, 2.24) is 0 Å². The highest BCUT2D eigenvalue weighted by atomic mass is 16.6. The lowest BCUT2D eigenvalue weighted by Gasteiger charge is -2.34. The molecule has 2 bridgehead atoms. The van der Waals surface area contributed by atoms with Crippen molar-refractivity contribution < 1.29 is 19.0 Å². The minimum absolute atomic E-state index is 0.0399. The summed E-state index contributed by atoms with van der Waals surface area (Å²) in [4.78, 5) is 12.4. The SMILES string of the molecule is B[C@@H]1O[C@@]2([C@H](C)C(=O)OCc3ccccc3)CO[C@H]1C2C. The van der Waals surface area contributed by atoms with E-state index in [1.54, 1.807) is 0 Å². The van der Waals surface area contributed by atoms with Crippen LogP contribution in [0.15, 0.2) is 30.3 Å². The lowest BCUT2D eigenvalue weighted by molar-refractivity contribution is -0.174. The Bertz CT molecular complexity index is 520. The molecule has 0 saturated carbocycles. The van der Waals surface area contributed by atoms with E-state index in [1.165, 1.54) is 0 Å². The number of ether oxygens (including phenoxy) is 3. The number of carbonyl (C=O) groups is 1. The Labute approximate surface area is 126 Å². The van der Waals surface area contributed by atoms with Gasteiger partial charge in [0.15, 0.2) is 0 Å². The van der Waals surface area contributed by atoms with E-state index in [4.69, 9.17) is 14.2 Å². The zero-order valence-electron chi connectivity index (χ0n) is 12.7. The normalized spacial score (nSPS) is 35.6. The van der Waals surface area contributed by atoms with Crippen molar-refractivity contribution in [2.75, 3.05) is 6.61 Å². The number of fused-ring (bicyclic) bond motifs is 2. The van der Waals surface area contributed by atoms with Crippen LogP contribution in [0.25, 0.3) is 0 Å². The summed E-state index contributed by atoms with van der Waals surface area (Å²) in [6.45, 7) is 4.76. The first kappa shape index (κ1) is 14.6. The molecule has 2 aliphatic heterocycles. The molecule has 2 heterocycles. The van der Waals surface area contributed by atoms with Crippen LogP contribution in [0.3, 0.4) is 0 Å². The van der Waals surface area contributed by atoms with E-state index in [2.05, 4.69) is 6.92 Å². The van der Waals surface area contributed by atoms with E-state index in [0.717, 1.165) is 5.56 Å². The molecule has 1 aromatic rings.